The number of rotatable bonds is 1. The van der Waals surface area contributed by atoms with Gasteiger partial charge in [0, 0.05) is 10.0 Å². The molecule has 0 aromatic heterocycles. The molecule has 17 heavy (non-hydrogen) atoms. The van der Waals surface area contributed by atoms with Gasteiger partial charge < -0.3 is 4.74 Å². The van der Waals surface area contributed by atoms with E-state index in [-0.39, 0.29) is 0 Å². The van der Waals surface area contributed by atoms with Gasteiger partial charge in [-0.3, -0.25) is 0 Å². The molecule has 0 bridgehead atoms. The summed E-state index contributed by atoms with van der Waals surface area (Å²) in [6.07, 6.45) is 2.13. The molecule has 84 valence electrons. The second kappa shape index (κ2) is 4.38. The Morgan fingerprint density at radius 2 is 1.71 bits per heavy atom. The third-order valence-corrected chi connectivity index (χ3v) is 3.39. The maximum absolute atomic E-state index is 5.61. The van der Waals surface area contributed by atoms with Gasteiger partial charge in [-0.2, -0.15) is 0 Å². The standard InChI is InChI=1S/C15H11BrO/c16-12-7-5-11(6-8-12)13-9-10-17-15-4-2-1-3-14(13)15/h1-9H,10H2. The first-order valence-electron chi connectivity index (χ1n) is 5.53. The minimum absolute atomic E-state index is 0.641. The molecule has 0 spiro atoms. The fourth-order valence-corrected chi connectivity index (χ4v) is 2.31. The van der Waals surface area contributed by atoms with E-state index in [0.717, 1.165) is 10.2 Å². The largest absolute Gasteiger partial charge is 0.489 e. The molecule has 1 nitrogen and oxygen atoms in total. The van der Waals surface area contributed by atoms with Crippen molar-refractivity contribution in [2.75, 3.05) is 6.61 Å². The third kappa shape index (κ3) is 2.01. The minimum atomic E-state index is 0.641. The van der Waals surface area contributed by atoms with Gasteiger partial charge in [0.15, 0.2) is 0 Å². The van der Waals surface area contributed by atoms with Crippen LogP contribution in [0.4, 0.5) is 0 Å². The minimum Gasteiger partial charge on any atom is -0.489 e. The molecule has 0 saturated heterocycles. The quantitative estimate of drug-likeness (QED) is 0.761. The molecule has 2 heteroatoms. The Bertz CT molecular complexity index is 570. The van der Waals surface area contributed by atoms with Crippen molar-refractivity contribution in [1.29, 1.82) is 0 Å². The van der Waals surface area contributed by atoms with E-state index in [1.807, 2.05) is 18.2 Å². The van der Waals surface area contributed by atoms with E-state index >= 15 is 0 Å². The number of halogens is 1. The molecule has 0 radical (unpaired) electrons. The number of para-hydroxylation sites is 1. The Balaban J connectivity index is 2.09. The van der Waals surface area contributed by atoms with Gasteiger partial charge in [-0.1, -0.05) is 46.3 Å². The lowest BCUT2D eigenvalue weighted by Crippen LogP contribution is -2.05. The van der Waals surface area contributed by atoms with E-state index in [1.54, 1.807) is 0 Å². The zero-order valence-electron chi connectivity index (χ0n) is 9.19. The van der Waals surface area contributed by atoms with E-state index in [1.165, 1.54) is 16.7 Å². The van der Waals surface area contributed by atoms with Gasteiger partial charge in [0.2, 0.25) is 0 Å². The van der Waals surface area contributed by atoms with Gasteiger partial charge in [-0.15, -0.1) is 0 Å². The van der Waals surface area contributed by atoms with Crippen molar-refractivity contribution in [3.05, 3.63) is 70.2 Å². The van der Waals surface area contributed by atoms with Crippen LogP contribution in [0.25, 0.3) is 5.57 Å². The lowest BCUT2D eigenvalue weighted by Gasteiger charge is -2.18. The number of benzene rings is 2. The topological polar surface area (TPSA) is 9.23 Å². The predicted octanol–water partition coefficient (Wildman–Crippen LogP) is 4.27. The van der Waals surface area contributed by atoms with E-state index in [9.17, 15) is 0 Å². The summed E-state index contributed by atoms with van der Waals surface area (Å²) in [5, 5.41) is 0. The Labute approximate surface area is 109 Å². The second-order valence-corrected chi connectivity index (χ2v) is 4.85. The van der Waals surface area contributed by atoms with Crippen molar-refractivity contribution in [1.82, 2.24) is 0 Å². The third-order valence-electron chi connectivity index (χ3n) is 2.86. The van der Waals surface area contributed by atoms with Crippen LogP contribution in [0.1, 0.15) is 11.1 Å². The summed E-state index contributed by atoms with van der Waals surface area (Å²) < 4.78 is 6.71. The Kier molecular flexibility index (Phi) is 2.73. The summed E-state index contributed by atoms with van der Waals surface area (Å²) >= 11 is 3.46. The van der Waals surface area contributed by atoms with Crippen LogP contribution in [0.3, 0.4) is 0 Å². The number of ether oxygens (including phenoxy) is 1. The molecule has 0 aliphatic carbocycles. The molecular weight excluding hydrogens is 276 g/mol. The highest BCUT2D eigenvalue weighted by atomic mass is 79.9. The van der Waals surface area contributed by atoms with E-state index in [2.05, 4.69) is 52.3 Å². The van der Waals surface area contributed by atoms with Gasteiger partial charge in [-0.25, -0.2) is 0 Å². The maximum Gasteiger partial charge on any atom is 0.127 e. The van der Waals surface area contributed by atoms with Crippen LogP contribution < -0.4 is 4.74 Å². The average molecular weight is 287 g/mol. The molecule has 1 aliphatic heterocycles. The molecular formula is C15H11BrO. The average Bonchev–Trinajstić information content (AvgIpc) is 2.39. The molecule has 1 heterocycles. The summed E-state index contributed by atoms with van der Waals surface area (Å²) in [5.41, 5.74) is 3.64. The number of hydrogen-bond acceptors (Lipinski definition) is 1. The number of fused-ring (bicyclic) bond motifs is 1. The summed E-state index contributed by atoms with van der Waals surface area (Å²) in [5.74, 6) is 0.966. The maximum atomic E-state index is 5.61. The van der Waals surface area contributed by atoms with Crippen LogP contribution in [-0.4, -0.2) is 6.61 Å². The molecule has 0 atom stereocenters. The van der Waals surface area contributed by atoms with Crippen LogP contribution in [0.5, 0.6) is 5.75 Å². The highest BCUT2D eigenvalue weighted by molar-refractivity contribution is 9.10. The van der Waals surface area contributed by atoms with Crippen molar-refractivity contribution in [3.63, 3.8) is 0 Å². The molecule has 1 aliphatic rings. The lowest BCUT2D eigenvalue weighted by molar-refractivity contribution is 0.357. The first-order chi connectivity index (χ1) is 8.34. The molecule has 3 rings (SSSR count). The van der Waals surface area contributed by atoms with E-state index in [4.69, 9.17) is 4.74 Å². The first kappa shape index (κ1) is 10.6. The Morgan fingerprint density at radius 1 is 0.941 bits per heavy atom. The molecule has 0 N–H and O–H groups in total. The SMILES string of the molecule is Brc1ccc(C2=CCOc3ccccc32)cc1. The lowest BCUT2D eigenvalue weighted by atomic mass is 9.96. The van der Waals surface area contributed by atoms with Crippen LogP contribution in [0, 0.1) is 0 Å². The van der Waals surface area contributed by atoms with Gasteiger partial charge in [0.05, 0.1) is 0 Å². The molecule has 0 unspecified atom stereocenters. The summed E-state index contributed by atoms with van der Waals surface area (Å²) in [6, 6.07) is 16.5. The fourth-order valence-electron chi connectivity index (χ4n) is 2.04. The predicted molar refractivity (Wildman–Crippen MR) is 73.2 cm³/mol. The highest BCUT2D eigenvalue weighted by Crippen LogP contribution is 2.34. The van der Waals surface area contributed by atoms with Crippen molar-refractivity contribution >= 4 is 21.5 Å². The van der Waals surface area contributed by atoms with Crippen LogP contribution in [0.2, 0.25) is 0 Å². The van der Waals surface area contributed by atoms with Crippen LogP contribution in [-0.2, 0) is 0 Å². The van der Waals surface area contributed by atoms with E-state index < -0.39 is 0 Å². The van der Waals surface area contributed by atoms with Crippen LogP contribution >= 0.6 is 15.9 Å². The van der Waals surface area contributed by atoms with Gasteiger partial charge in [0.1, 0.15) is 12.4 Å². The Hall–Kier alpha value is -1.54. The van der Waals surface area contributed by atoms with Gasteiger partial charge in [-0.05, 0) is 35.4 Å². The molecule has 0 amide bonds. The van der Waals surface area contributed by atoms with Crippen LogP contribution in [0.15, 0.2) is 59.1 Å². The molecule has 2 aromatic carbocycles. The molecule has 0 fully saturated rings. The highest BCUT2D eigenvalue weighted by Gasteiger charge is 2.14. The molecule has 2 aromatic rings. The molecule has 0 saturated carbocycles. The summed E-state index contributed by atoms with van der Waals surface area (Å²) in [4.78, 5) is 0. The normalized spacial score (nSPS) is 13.6. The van der Waals surface area contributed by atoms with Crippen molar-refractivity contribution in [2.24, 2.45) is 0 Å². The smallest absolute Gasteiger partial charge is 0.127 e. The number of hydrogen-bond donors (Lipinski definition) is 0. The monoisotopic (exact) mass is 286 g/mol. The van der Waals surface area contributed by atoms with Gasteiger partial charge >= 0.3 is 0 Å². The summed E-state index contributed by atoms with van der Waals surface area (Å²) in [6.45, 7) is 0.641. The zero-order valence-corrected chi connectivity index (χ0v) is 10.8. The Morgan fingerprint density at radius 3 is 2.53 bits per heavy atom. The summed E-state index contributed by atoms with van der Waals surface area (Å²) in [7, 11) is 0. The second-order valence-electron chi connectivity index (χ2n) is 3.93. The van der Waals surface area contributed by atoms with E-state index in [0.29, 0.717) is 6.61 Å². The van der Waals surface area contributed by atoms with Gasteiger partial charge in [0.25, 0.3) is 0 Å². The van der Waals surface area contributed by atoms with Crippen molar-refractivity contribution in [2.45, 2.75) is 0 Å². The van der Waals surface area contributed by atoms with Crippen molar-refractivity contribution in [3.8, 4) is 5.75 Å². The van der Waals surface area contributed by atoms with Crippen molar-refractivity contribution < 1.29 is 4.74 Å². The first-order valence-corrected chi connectivity index (χ1v) is 6.32. The zero-order chi connectivity index (χ0) is 11.7. The fraction of sp³-hybridized carbons (Fsp3) is 0.0667.